The Morgan fingerprint density at radius 1 is 1.22 bits per heavy atom. The normalized spacial score (nSPS) is 13.8. The van der Waals surface area contributed by atoms with Gasteiger partial charge in [0.05, 0.1) is 17.6 Å². The zero-order chi connectivity index (χ0) is 15.6. The summed E-state index contributed by atoms with van der Waals surface area (Å²) in [6.45, 7) is 1.89. The molecule has 0 unspecified atom stereocenters. The second-order valence-electron chi connectivity index (χ2n) is 6.08. The third-order valence-electron chi connectivity index (χ3n) is 4.36. The lowest BCUT2D eigenvalue weighted by atomic mass is 9.96. The van der Waals surface area contributed by atoms with Crippen LogP contribution in [0.25, 0.3) is 11.1 Å². The molecule has 0 saturated carbocycles. The van der Waals surface area contributed by atoms with Crippen LogP contribution in [0, 0.1) is 0 Å². The molecule has 0 saturated heterocycles. The number of hydrogen-bond donors (Lipinski definition) is 1. The minimum absolute atomic E-state index is 0.846. The Morgan fingerprint density at radius 2 is 2.09 bits per heavy atom. The fourth-order valence-corrected chi connectivity index (χ4v) is 3.17. The second kappa shape index (κ2) is 5.97. The largest absolute Gasteiger partial charge is 0.311 e. The lowest BCUT2D eigenvalue weighted by Gasteiger charge is -2.19. The number of nitrogens with zero attached hydrogens (tertiary/aromatic N) is 3. The summed E-state index contributed by atoms with van der Waals surface area (Å²) < 4.78 is 1.85. The summed E-state index contributed by atoms with van der Waals surface area (Å²) in [4.78, 5) is 4.99. The number of aromatic nitrogens is 3. The third kappa shape index (κ3) is 2.90. The predicted octanol–water partition coefficient (Wildman–Crippen LogP) is 2.72. The molecule has 4 rings (SSSR count). The van der Waals surface area contributed by atoms with Crippen LogP contribution in [0.1, 0.15) is 22.5 Å². The highest BCUT2D eigenvalue weighted by atomic mass is 15.2. The molecule has 0 spiro atoms. The van der Waals surface area contributed by atoms with E-state index in [0.717, 1.165) is 37.2 Å². The van der Waals surface area contributed by atoms with Crippen LogP contribution >= 0.6 is 0 Å². The Hall–Kier alpha value is -2.46. The molecule has 3 heterocycles. The van der Waals surface area contributed by atoms with Gasteiger partial charge in [0.25, 0.3) is 0 Å². The fourth-order valence-electron chi connectivity index (χ4n) is 3.17. The SMILES string of the molecule is Cn1cc(-c2cc3c(nc2Cc2ccccc2)CNCC3)cn1. The number of aryl methyl sites for hydroxylation is 1. The minimum Gasteiger partial charge on any atom is -0.311 e. The van der Waals surface area contributed by atoms with Gasteiger partial charge in [0, 0.05) is 37.3 Å². The van der Waals surface area contributed by atoms with Gasteiger partial charge in [-0.2, -0.15) is 5.10 Å². The monoisotopic (exact) mass is 304 g/mol. The van der Waals surface area contributed by atoms with Crippen molar-refractivity contribution in [2.24, 2.45) is 7.05 Å². The summed E-state index contributed by atoms with van der Waals surface area (Å²) in [6, 6.07) is 12.9. The first kappa shape index (κ1) is 14.2. The Kier molecular flexibility index (Phi) is 3.67. The van der Waals surface area contributed by atoms with Crippen molar-refractivity contribution >= 4 is 0 Å². The van der Waals surface area contributed by atoms with Crippen LogP contribution in [0.2, 0.25) is 0 Å². The van der Waals surface area contributed by atoms with Crippen molar-refractivity contribution in [2.45, 2.75) is 19.4 Å². The smallest absolute Gasteiger partial charge is 0.0577 e. The molecule has 23 heavy (non-hydrogen) atoms. The molecule has 3 aromatic rings. The third-order valence-corrected chi connectivity index (χ3v) is 4.36. The maximum absolute atomic E-state index is 4.99. The molecule has 1 aliphatic heterocycles. The maximum atomic E-state index is 4.99. The van der Waals surface area contributed by atoms with Gasteiger partial charge >= 0.3 is 0 Å². The van der Waals surface area contributed by atoms with E-state index in [4.69, 9.17) is 4.98 Å². The Morgan fingerprint density at radius 3 is 2.87 bits per heavy atom. The lowest BCUT2D eigenvalue weighted by molar-refractivity contribution is 0.625. The Labute approximate surface area is 136 Å². The standard InChI is InChI=1S/C19H20N4/c1-23-13-16(11-21-23)17-10-15-7-8-20-12-19(15)22-18(17)9-14-5-3-2-4-6-14/h2-6,10-11,13,20H,7-9,12H2,1H3. The van der Waals surface area contributed by atoms with Gasteiger partial charge in [-0.05, 0) is 30.2 Å². The molecule has 0 fully saturated rings. The summed E-state index contributed by atoms with van der Waals surface area (Å²) in [5.41, 5.74) is 7.32. The molecule has 4 heteroatoms. The molecule has 0 bridgehead atoms. The van der Waals surface area contributed by atoms with Crippen LogP contribution in [-0.2, 0) is 26.4 Å². The van der Waals surface area contributed by atoms with Crippen molar-refractivity contribution in [2.75, 3.05) is 6.54 Å². The quantitative estimate of drug-likeness (QED) is 0.809. The van der Waals surface area contributed by atoms with Gasteiger partial charge in [0.15, 0.2) is 0 Å². The molecule has 0 radical (unpaired) electrons. The van der Waals surface area contributed by atoms with E-state index in [0.29, 0.717) is 0 Å². The van der Waals surface area contributed by atoms with Gasteiger partial charge in [-0.1, -0.05) is 30.3 Å². The number of rotatable bonds is 3. The first-order valence-corrected chi connectivity index (χ1v) is 8.05. The summed E-state index contributed by atoms with van der Waals surface area (Å²) in [7, 11) is 1.95. The van der Waals surface area contributed by atoms with Gasteiger partial charge < -0.3 is 5.32 Å². The van der Waals surface area contributed by atoms with Gasteiger partial charge in [-0.25, -0.2) is 0 Å². The topological polar surface area (TPSA) is 42.7 Å². The van der Waals surface area contributed by atoms with E-state index in [9.17, 15) is 0 Å². The average molecular weight is 304 g/mol. The molecule has 4 nitrogen and oxygen atoms in total. The Balaban J connectivity index is 1.81. The van der Waals surface area contributed by atoms with Crippen molar-refractivity contribution in [1.82, 2.24) is 20.1 Å². The van der Waals surface area contributed by atoms with Crippen LogP contribution < -0.4 is 5.32 Å². The van der Waals surface area contributed by atoms with Crippen LogP contribution in [0.5, 0.6) is 0 Å². The Bertz CT molecular complexity index is 821. The number of fused-ring (bicyclic) bond motifs is 1. The van der Waals surface area contributed by atoms with Gasteiger partial charge in [-0.15, -0.1) is 0 Å². The molecular weight excluding hydrogens is 284 g/mol. The van der Waals surface area contributed by atoms with E-state index < -0.39 is 0 Å². The van der Waals surface area contributed by atoms with Crippen LogP contribution in [0.15, 0.2) is 48.8 Å². The van der Waals surface area contributed by atoms with Crippen molar-refractivity contribution in [1.29, 1.82) is 0 Å². The molecule has 1 N–H and O–H groups in total. The van der Waals surface area contributed by atoms with Crippen LogP contribution in [-0.4, -0.2) is 21.3 Å². The maximum Gasteiger partial charge on any atom is 0.0577 e. The summed E-state index contributed by atoms with van der Waals surface area (Å²) in [5, 5.41) is 7.75. The zero-order valence-corrected chi connectivity index (χ0v) is 13.3. The molecule has 116 valence electrons. The number of pyridine rings is 1. The summed E-state index contributed by atoms with van der Waals surface area (Å²) in [5.74, 6) is 0. The van der Waals surface area contributed by atoms with Gasteiger partial charge in [0.2, 0.25) is 0 Å². The minimum atomic E-state index is 0.846. The first-order chi connectivity index (χ1) is 11.3. The van der Waals surface area contributed by atoms with Crippen molar-refractivity contribution < 1.29 is 0 Å². The highest BCUT2D eigenvalue weighted by molar-refractivity contribution is 5.66. The van der Waals surface area contributed by atoms with E-state index in [2.05, 4.69) is 53.0 Å². The highest BCUT2D eigenvalue weighted by Crippen LogP contribution is 2.28. The van der Waals surface area contributed by atoms with E-state index in [1.165, 1.54) is 22.4 Å². The van der Waals surface area contributed by atoms with Crippen molar-refractivity contribution in [3.63, 3.8) is 0 Å². The summed E-state index contributed by atoms with van der Waals surface area (Å²) in [6.07, 6.45) is 5.89. The number of hydrogen-bond acceptors (Lipinski definition) is 3. The molecule has 1 aliphatic rings. The fraction of sp³-hybridized carbons (Fsp3) is 0.263. The van der Waals surface area contributed by atoms with E-state index in [1.54, 1.807) is 0 Å². The van der Waals surface area contributed by atoms with Gasteiger partial charge in [-0.3, -0.25) is 9.67 Å². The van der Waals surface area contributed by atoms with E-state index in [1.807, 2.05) is 17.9 Å². The van der Waals surface area contributed by atoms with Crippen molar-refractivity contribution in [3.8, 4) is 11.1 Å². The van der Waals surface area contributed by atoms with Gasteiger partial charge in [0.1, 0.15) is 0 Å². The molecule has 0 aliphatic carbocycles. The summed E-state index contributed by atoms with van der Waals surface area (Å²) >= 11 is 0. The number of nitrogens with one attached hydrogen (secondary N) is 1. The van der Waals surface area contributed by atoms with Crippen LogP contribution in [0.3, 0.4) is 0 Å². The lowest BCUT2D eigenvalue weighted by Crippen LogP contribution is -2.25. The molecule has 2 aromatic heterocycles. The highest BCUT2D eigenvalue weighted by Gasteiger charge is 2.17. The second-order valence-corrected chi connectivity index (χ2v) is 6.08. The predicted molar refractivity (Wildman–Crippen MR) is 91.1 cm³/mol. The van der Waals surface area contributed by atoms with E-state index >= 15 is 0 Å². The first-order valence-electron chi connectivity index (χ1n) is 8.05. The molecule has 1 aromatic carbocycles. The molecular formula is C19H20N4. The average Bonchev–Trinajstić information content (AvgIpc) is 3.01. The molecule has 0 amide bonds. The number of benzene rings is 1. The molecule has 0 atom stereocenters. The van der Waals surface area contributed by atoms with E-state index in [-0.39, 0.29) is 0 Å². The van der Waals surface area contributed by atoms with Crippen LogP contribution in [0.4, 0.5) is 0 Å². The van der Waals surface area contributed by atoms with Crippen molar-refractivity contribution in [3.05, 3.63) is 71.3 Å². The zero-order valence-electron chi connectivity index (χ0n) is 13.3.